The van der Waals surface area contributed by atoms with Gasteiger partial charge in [0.05, 0.1) is 18.7 Å². The fourth-order valence-electron chi connectivity index (χ4n) is 1.25. The van der Waals surface area contributed by atoms with Crippen LogP contribution >= 0.6 is 0 Å². The summed E-state index contributed by atoms with van der Waals surface area (Å²) in [5, 5.41) is 11.1. The van der Waals surface area contributed by atoms with Gasteiger partial charge in [-0.2, -0.15) is 0 Å². The molecule has 0 amide bonds. The number of carbonyl (C=O) groups excluding carboxylic acids is 1. The van der Waals surface area contributed by atoms with E-state index in [1.54, 1.807) is 11.6 Å². The maximum atomic E-state index is 10.8. The molecule has 1 aromatic heterocycles. The fourth-order valence-corrected chi connectivity index (χ4v) is 1.25. The largest absolute Gasteiger partial charge is 0.313 e. The Balaban J connectivity index is 2.36. The van der Waals surface area contributed by atoms with Crippen LogP contribution in [0.2, 0.25) is 0 Å². The van der Waals surface area contributed by atoms with Crippen molar-refractivity contribution in [3.63, 3.8) is 0 Å². The summed E-state index contributed by atoms with van der Waals surface area (Å²) in [7, 11) is 0. The second kappa shape index (κ2) is 5.60. The molecule has 1 heterocycles. The third kappa shape index (κ3) is 4.69. The molecule has 5 nitrogen and oxygen atoms in total. The van der Waals surface area contributed by atoms with E-state index in [0.29, 0.717) is 12.5 Å². The van der Waals surface area contributed by atoms with Crippen LogP contribution in [0.15, 0.2) is 6.20 Å². The molecule has 0 spiro atoms. The van der Waals surface area contributed by atoms with Crippen LogP contribution < -0.4 is 5.32 Å². The predicted octanol–water partition coefficient (Wildman–Crippen LogP) is 0.408. The first kappa shape index (κ1) is 11.8. The molecule has 0 bridgehead atoms. The molecule has 0 fully saturated rings. The number of hydrogen-bond acceptors (Lipinski definition) is 4. The number of Topliss-reactive ketones (excluding diaryl/α,β-unsaturated/α-hetero) is 1. The predicted molar refractivity (Wildman–Crippen MR) is 57.5 cm³/mol. The van der Waals surface area contributed by atoms with E-state index >= 15 is 0 Å². The molecule has 1 rings (SSSR count). The van der Waals surface area contributed by atoms with Gasteiger partial charge in [-0.05, 0) is 6.92 Å². The minimum absolute atomic E-state index is 0.113. The highest BCUT2D eigenvalue weighted by molar-refractivity contribution is 5.77. The van der Waals surface area contributed by atoms with Crippen molar-refractivity contribution in [1.82, 2.24) is 20.3 Å². The smallest absolute Gasteiger partial charge is 0.135 e. The molecule has 0 saturated heterocycles. The number of aromatic nitrogens is 3. The summed E-state index contributed by atoms with van der Waals surface area (Å²) in [6.45, 7) is 7.40. The number of nitrogens with one attached hydrogen (secondary N) is 1. The average Bonchev–Trinajstić information content (AvgIpc) is 2.50. The summed E-state index contributed by atoms with van der Waals surface area (Å²) in [5.41, 5.74) is 0.743. The lowest BCUT2D eigenvalue weighted by Crippen LogP contribution is -2.26. The minimum Gasteiger partial charge on any atom is -0.313 e. The summed E-state index contributed by atoms with van der Waals surface area (Å²) < 4.78 is 1.76. The van der Waals surface area contributed by atoms with Gasteiger partial charge in [0.2, 0.25) is 0 Å². The van der Waals surface area contributed by atoms with Crippen LogP contribution in [0.1, 0.15) is 26.5 Å². The van der Waals surface area contributed by atoms with Crippen molar-refractivity contribution in [2.24, 2.45) is 0 Å². The maximum Gasteiger partial charge on any atom is 0.135 e. The highest BCUT2D eigenvalue weighted by Gasteiger charge is 2.03. The van der Waals surface area contributed by atoms with Crippen molar-refractivity contribution in [2.75, 3.05) is 6.54 Å². The van der Waals surface area contributed by atoms with Crippen molar-refractivity contribution in [1.29, 1.82) is 0 Å². The normalized spacial score (nSPS) is 10.9. The standard InChI is InChI=1S/C10H18N4O/c1-8(2)11-4-5-14-7-10(12-13-14)6-9(3)15/h7-8,11H,4-6H2,1-3H3. The van der Waals surface area contributed by atoms with E-state index in [1.165, 1.54) is 0 Å². The summed E-state index contributed by atoms with van der Waals surface area (Å²) in [4.78, 5) is 10.8. The Morgan fingerprint density at radius 1 is 1.60 bits per heavy atom. The number of rotatable bonds is 6. The van der Waals surface area contributed by atoms with Gasteiger partial charge in [0.25, 0.3) is 0 Å². The SMILES string of the molecule is CC(=O)Cc1cn(CCNC(C)C)nn1. The van der Waals surface area contributed by atoms with E-state index in [2.05, 4.69) is 29.5 Å². The number of ketones is 1. The number of nitrogens with zero attached hydrogens (tertiary/aromatic N) is 3. The molecule has 15 heavy (non-hydrogen) atoms. The zero-order valence-electron chi connectivity index (χ0n) is 9.53. The van der Waals surface area contributed by atoms with Gasteiger partial charge >= 0.3 is 0 Å². The average molecular weight is 210 g/mol. The third-order valence-corrected chi connectivity index (χ3v) is 1.91. The molecule has 1 aromatic rings. The molecule has 0 aliphatic rings. The van der Waals surface area contributed by atoms with Gasteiger partial charge in [-0.3, -0.25) is 9.48 Å². The molecule has 1 N–H and O–H groups in total. The van der Waals surface area contributed by atoms with Gasteiger partial charge in [-0.1, -0.05) is 19.1 Å². The van der Waals surface area contributed by atoms with Gasteiger partial charge in [0, 0.05) is 18.8 Å². The van der Waals surface area contributed by atoms with E-state index in [4.69, 9.17) is 0 Å². The fraction of sp³-hybridized carbons (Fsp3) is 0.700. The minimum atomic E-state index is 0.113. The van der Waals surface area contributed by atoms with Crippen LogP contribution in [0.4, 0.5) is 0 Å². The number of carbonyl (C=O) groups is 1. The second-order valence-electron chi connectivity index (χ2n) is 3.96. The Kier molecular flexibility index (Phi) is 4.42. The molecule has 0 saturated carbocycles. The Hall–Kier alpha value is -1.23. The van der Waals surface area contributed by atoms with Gasteiger partial charge in [0.15, 0.2) is 0 Å². The molecule has 0 radical (unpaired) electrons. The van der Waals surface area contributed by atoms with Crippen molar-refractivity contribution < 1.29 is 4.79 Å². The molecule has 84 valence electrons. The van der Waals surface area contributed by atoms with Crippen molar-refractivity contribution in [2.45, 2.75) is 39.8 Å². The highest BCUT2D eigenvalue weighted by Crippen LogP contribution is 1.94. The Morgan fingerprint density at radius 3 is 2.93 bits per heavy atom. The first-order valence-electron chi connectivity index (χ1n) is 5.19. The van der Waals surface area contributed by atoms with E-state index in [1.807, 2.05) is 6.20 Å². The lowest BCUT2D eigenvalue weighted by molar-refractivity contribution is -0.116. The lowest BCUT2D eigenvalue weighted by atomic mass is 10.2. The Morgan fingerprint density at radius 2 is 2.33 bits per heavy atom. The molecule has 0 aliphatic carbocycles. The molecule has 0 aromatic carbocycles. The quantitative estimate of drug-likeness (QED) is 0.738. The van der Waals surface area contributed by atoms with Gasteiger partial charge in [0.1, 0.15) is 5.78 Å². The molecule has 5 heteroatoms. The van der Waals surface area contributed by atoms with E-state index in [-0.39, 0.29) is 5.78 Å². The van der Waals surface area contributed by atoms with Crippen molar-refractivity contribution >= 4 is 5.78 Å². The first-order valence-corrected chi connectivity index (χ1v) is 5.19. The molecule has 0 atom stereocenters. The molecular formula is C10H18N4O. The molecule has 0 unspecified atom stereocenters. The zero-order chi connectivity index (χ0) is 11.3. The van der Waals surface area contributed by atoms with Crippen molar-refractivity contribution in [3.05, 3.63) is 11.9 Å². The summed E-state index contributed by atoms with van der Waals surface area (Å²) in [6, 6.07) is 0.477. The number of hydrogen-bond donors (Lipinski definition) is 1. The summed E-state index contributed by atoms with van der Waals surface area (Å²) in [5.74, 6) is 0.113. The summed E-state index contributed by atoms with van der Waals surface area (Å²) >= 11 is 0. The third-order valence-electron chi connectivity index (χ3n) is 1.91. The van der Waals surface area contributed by atoms with Crippen LogP contribution in [0.25, 0.3) is 0 Å². The van der Waals surface area contributed by atoms with Gasteiger partial charge < -0.3 is 5.32 Å². The van der Waals surface area contributed by atoms with Gasteiger partial charge in [-0.25, -0.2) is 0 Å². The monoisotopic (exact) mass is 210 g/mol. The van der Waals surface area contributed by atoms with Gasteiger partial charge in [-0.15, -0.1) is 5.10 Å². The van der Waals surface area contributed by atoms with Crippen LogP contribution in [0.5, 0.6) is 0 Å². The lowest BCUT2D eigenvalue weighted by Gasteiger charge is -2.06. The topological polar surface area (TPSA) is 59.8 Å². The van der Waals surface area contributed by atoms with Crippen LogP contribution in [-0.4, -0.2) is 33.4 Å². The Bertz CT molecular complexity index is 319. The second-order valence-corrected chi connectivity index (χ2v) is 3.96. The van der Waals surface area contributed by atoms with E-state index in [9.17, 15) is 4.79 Å². The van der Waals surface area contributed by atoms with E-state index < -0.39 is 0 Å². The Labute approximate surface area is 89.9 Å². The molecular weight excluding hydrogens is 192 g/mol. The highest BCUT2D eigenvalue weighted by atomic mass is 16.1. The van der Waals surface area contributed by atoms with Crippen LogP contribution in [0, 0.1) is 0 Å². The van der Waals surface area contributed by atoms with E-state index in [0.717, 1.165) is 18.8 Å². The van der Waals surface area contributed by atoms with Crippen LogP contribution in [-0.2, 0) is 17.8 Å². The van der Waals surface area contributed by atoms with Crippen LogP contribution in [0.3, 0.4) is 0 Å². The van der Waals surface area contributed by atoms with Crippen molar-refractivity contribution in [3.8, 4) is 0 Å². The molecule has 0 aliphatic heterocycles. The zero-order valence-corrected chi connectivity index (χ0v) is 9.53. The summed E-state index contributed by atoms with van der Waals surface area (Å²) in [6.07, 6.45) is 2.20. The maximum absolute atomic E-state index is 10.8. The first-order chi connectivity index (χ1) is 7.08.